The summed E-state index contributed by atoms with van der Waals surface area (Å²) in [5.74, 6) is -1.41. The number of phenols is 1. The van der Waals surface area contributed by atoms with E-state index in [4.69, 9.17) is 4.74 Å². The molecule has 6 heteroatoms. The molecule has 0 aliphatic rings. The number of ether oxygens (including phenoxy) is 1. The number of rotatable bonds is 9. The minimum absolute atomic E-state index is 0.00707. The Kier molecular flexibility index (Phi) is 7.38. The maximum atomic E-state index is 12.4. The van der Waals surface area contributed by atoms with E-state index < -0.39 is 12.6 Å². The van der Waals surface area contributed by atoms with Crippen molar-refractivity contribution in [2.75, 3.05) is 11.9 Å². The first-order valence-electron chi connectivity index (χ1n) is 10.3. The van der Waals surface area contributed by atoms with Gasteiger partial charge in [-0.1, -0.05) is 44.0 Å². The van der Waals surface area contributed by atoms with Crippen LogP contribution in [0.1, 0.15) is 53.3 Å². The number of amides is 1. The van der Waals surface area contributed by atoms with E-state index in [-0.39, 0.29) is 23.0 Å². The van der Waals surface area contributed by atoms with Gasteiger partial charge in [0.25, 0.3) is 0 Å². The molecular formula is C25H25NO5. The molecule has 0 saturated carbocycles. The summed E-state index contributed by atoms with van der Waals surface area (Å²) in [6.45, 7) is 1.63. The van der Waals surface area contributed by atoms with Crippen molar-refractivity contribution in [1.29, 1.82) is 0 Å². The van der Waals surface area contributed by atoms with E-state index >= 15 is 0 Å². The predicted octanol–water partition coefficient (Wildman–Crippen LogP) is 5.10. The number of fused-ring (bicyclic) bond motifs is 1. The lowest BCUT2D eigenvalue weighted by molar-refractivity contribution is -0.116. The van der Waals surface area contributed by atoms with Crippen LogP contribution < -0.4 is 5.32 Å². The fraction of sp³-hybridized carbons (Fsp3) is 0.240. The molecule has 0 fully saturated rings. The number of unbranched alkanes of at least 4 members (excludes halogenated alkanes) is 2. The largest absolute Gasteiger partial charge is 0.507 e. The van der Waals surface area contributed by atoms with Crippen molar-refractivity contribution in [2.24, 2.45) is 0 Å². The third kappa shape index (κ3) is 5.92. The Labute approximate surface area is 180 Å². The van der Waals surface area contributed by atoms with Crippen LogP contribution in [0.4, 0.5) is 5.69 Å². The van der Waals surface area contributed by atoms with Gasteiger partial charge in [-0.15, -0.1) is 0 Å². The summed E-state index contributed by atoms with van der Waals surface area (Å²) in [6, 6.07) is 16.8. The van der Waals surface area contributed by atoms with E-state index in [9.17, 15) is 19.5 Å². The molecule has 1 amide bonds. The van der Waals surface area contributed by atoms with Crippen LogP contribution in [-0.2, 0) is 9.53 Å². The van der Waals surface area contributed by atoms with Gasteiger partial charge < -0.3 is 15.2 Å². The van der Waals surface area contributed by atoms with Crippen molar-refractivity contribution in [3.63, 3.8) is 0 Å². The van der Waals surface area contributed by atoms with Crippen LogP contribution in [0, 0.1) is 0 Å². The fourth-order valence-corrected chi connectivity index (χ4v) is 3.18. The number of nitrogens with one attached hydrogen (secondary N) is 1. The van der Waals surface area contributed by atoms with Crippen LogP contribution >= 0.6 is 0 Å². The van der Waals surface area contributed by atoms with Crippen molar-refractivity contribution in [2.45, 2.75) is 32.6 Å². The molecule has 0 aromatic heterocycles. The van der Waals surface area contributed by atoms with E-state index in [2.05, 4.69) is 12.2 Å². The number of hydrogen-bond acceptors (Lipinski definition) is 5. The highest BCUT2D eigenvalue weighted by atomic mass is 16.5. The third-order valence-electron chi connectivity index (χ3n) is 4.92. The number of carbonyl (C=O) groups excluding carboxylic acids is 3. The molecule has 0 spiro atoms. The summed E-state index contributed by atoms with van der Waals surface area (Å²) in [5.41, 5.74) is 0.975. The monoisotopic (exact) mass is 419 g/mol. The number of Topliss-reactive ketones (excluding diaryl/α,β-unsaturated/α-hetero) is 1. The molecule has 0 saturated heterocycles. The SMILES string of the molecule is CCCCCC(=O)Nc1ccc(C(=O)COC(=O)c2cc3ccccc3cc2O)cc1. The van der Waals surface area contributed by atoms with Crippen molar-refractivity contribution in [3.05, 3.63) is 71.8 Å². The Morgan fingerprint density at radius 3 is 2.29 bits per heavy atom. The summed E-state index contributed by atoms with van der Waals surface area (Å²) >= 11 is 0. The average Bonchev–Trinajstić information content (AvgIpc) is 2.77. The summed E-state index contributed by atoms with van der Waals surface area (Å²) < 4.78 is 5.11. The van der Waals surface area contributed by atoms with Gasteiger partial charge >= 0.3 is 5.97 Å². The van der Waals surface area contributed by atoms with Gasteiger partial charge in [-0.3, -0.25) is 9.59 Å². The standard InChI is InChI=1S/C25H25NO5/c1-2-3-4-9-24(29)26-20-12-10-17(11-13-20)23(28)16-31-25(30)21-14-18-7-5-6-8-19(18)15-22(21)27/h5-8,10-15,27H,2-4,9,16H2,1H3,(H,26,29). The van der Waals surface area contributed by atoms with Gasteiger partial charge in [-0.25, -0.2) is 4.79 Å². The molecule has 2 N–H and O–H groups in total. The molecule has 0 aliphatic carbocycles. The van der Waals surface area contributed by atoms with Crippen molar-refractivity contribution in [3.8, 4) is 5.75 Å². The number of anilines is 1. The minimum atomic E-state index is -0.771. The second-order valence-electron chi connectivity index (χ2n) is 7.30. The smallest absolute Gasteiger partial charge is 0.342 e. The molecule has 0 aliphatic heterocycles. The van der Waals surface area contributed by atoms with Crippen molar-refractivity contribution in [1.82, 2.24) is 0 Å². The zero-order chi connectivity index (χ0) is 22.2. The fourth-order valence-electron chi connectivity index (χ4n) is 3.18. The zero-order valence-corrected chi connectivity index (χ0v) is 17.4. The van der Waals surface area contributed by atoms with Crippen molar-refractivity contribution < 1.29 is 24.2 Å². The number of ketones is 1. The zero-order valence-electron chi connectivity index (χ0n) is 17.4. The van der Waals surface area contributed by atoms with Crippen LogP contribution in [0.3, 0.4) is 0 Å². The Bertz CT molecular complexity index is 1090. The van der Waals surface area contributed by atoms with Gasteiger partial charge in [-0.2, -0.15) is 0 Å². The second kappa shape index (κ2) is 10.4. The molecule has 0 atom stereocenters. The van der Waals surface area contributed by atoms with Crippen LogP contribution in [0.5, 0.6) is 5.75 Å². The van der Waals surface area contributed by atoms with E-state index in [1.807, 2.05) is 24.3 Å². The first-order valence-corrected chi connectivity index (χ1v) is 10.3. The maximum Gasteiger partial charge on any atom is 0.342 e. The van der Waals surface area contributed by atoms with Crippen LogP contribution in [0.15, 0.2) is 60.7 Å². The Hall–Kier alpha value is -3.67. The highest BCUT2D eigenvalue weighted by Gasteiger charge is 2.16. The van der Waals surface area contributed by atoms with Gasteiger partial charge in [0.15, 0.2) is 12.4 Å². The summed E-state index contributed by atoms with van der Waals surface area (Å²) in [4.78, 5) is 36.6. The van der Waals surface area contributed by atoms with E-state index in [1.165, 1.54) is 12.1 Å². The lowest BCUT2D eigenvalue weighted by atomic mass is 10.1. The van der Waals surface area contributed by atoms with Crippen molar-refractivity contribution >= 4 is 34.1 Å². The molecule has 0 radical (unpaired) electrons. The first kappa shape index (κ1) is 22.0. The number of aromatic hydroxyl groups is 1. The first-order chi connectivity index (χ1) is 15.0. The van der Waals surface area contributed by atoms with E-state index in [0.29, 0.717) is 17.7 Å². The lowest BCUT2D eigenvalue weighted by Crippen LogP contribution is -2.15. The molecule has 6 nitrogen and oxygen atoms in total. The van der Waals surface area contributed by atoms with Gasteiger partial charge in [0, 0.05) is 17.7 Å². The summed E-state index contributed by atoms with van der Waals surface area (Å²) in [5, 5.41) is 14.5. The summed E-state index contributed by atoms with van der Waals surface area (Å²) in [7, 11) is 0. The van der Waals surface area contributed by atoms with Crippen LogP contribution in [0.2, 0.25) is 0 Å². The van der Waals surface area contributed by atoms with Gasteiger partial charge in [-0.05, 0) is 53.6 Å². The van der Waals surface area contributed by atoms with E-state index in [1.54, 1.807) is 24.3 Å². The number of esters is 1. The highest BCUT2D eigenvalue weighted by Crippen LogP contribution is 2.25. The normalized spacial score (nSPS) is 10.6. The predicted molar refractivity (Wildman–Crippen MR) is 119 cm³/mol. The number of benzene rings is 3. The number of hydrogen-bond donors (Lipinski definition) is 2. The quantitative estimate of drug-likeness (QED) is 0.286. The molecule has 0 heterocycles. The van der Waals surface area contributed by atoms with E-state index in [0.717, 1.165) is 30.0 Å². The lowest BCUT2D eigenvalue weighted by Gasteiger charge is -2.08. The summed E-state index contributed by atoms with van der Waals surface area (Å²) in [6.07, 6.45) is 3.37. The van der Waals surface area contributed by atoms with Gasteiger partial charge in [0.1, 0.15) is 11.3 Å². The number of carbonyl (C=O) groups is 3. The topological polar surface area (TPSA) is 92.7 Å². The minimum Gasteiger partial charge on any atom is -0.507 e. The Morgan fingerprint density at radius 2 is 1.61 bits per heavy atom. The molecule has 31 heavy (non-hydrogen) atoms. The Morgan fingerprint density at radius 1 is 0.935 bits per heavy atom. The molecule has 0 bridgehead atoms. The molecule has 3 aromatic rings. The average molecular weight is 419 g/mol. The highest BCUT2D eigenvalue weighted by molar-refractivity contribution is 6.02. The van der Waals surface area contributed by atoms with Crippen LogP contribution in [0.25, 0.3) is 10.8 Å². The molecule has 3 rings (SSSR count). The second-order valence-corrected chi connectivity index (χ2v) is 7.30. The Balaban J connectivity index is 1.56. The van der Waals surface area contributed by atoms with Crippen LogP contribution in [-0.4, -0.2) is 29.4 Å². The molecule has 160 valence electrons. The molecule has 3 aromatic carbocycles. The molecular weight excluding hydrogens is 394 g/mol. The molecule has 0 unspecified atom stereocenters. The number of phenolic OH excluding ortho intramolecular Hbond substituents is 1. The third-order valence-corrected chi connectivity index (χ3v) is 4.92. The van der Waals surface area contributed by atoms with Gasteiger partial charge in [0.2, 0.25) is 5.91 Å². The maximum absolute atomic E-state index is 12.4. The van der Waals surface area contributed by atoms with Gasteiger partial charge in [0.05, 0.1) is 0 Å².